The number of aromatic hydroxyl groups is 1. The SMILES string of the molecule is CC(C)(O)C1Cc2cc(O)c(Cl)cc2O1. The Morgan fingerprint density at radius 2 is 2.13 bits per heavy atom. The van der Waals surface area contributed by atoms with Crippen molar-refractivity contribution in [2.45, 2.75) is 32.0 Å². The third-order valence-corrected chi connectivity index (χ3v) is 2.90. The lowest BCUT2D eigenvalue weighted by molar-refractivity contribution is -0.0229. The van der Waals surface area contributed by atoms with Crippen LogP contribution in [-0.4, -0.2) is 21.9 Å². The van der Waals surface area contributed by atoms with Gasteiger partial charge >= 0.3 is 0 Å². The normalized spacial score (nSPS) is 19.9. The monoisotopic (exact) mass is 228 g/mol. The molecule has 3 nitrogen and oxygen atoms in total. The molecule has 1 aliphatic heterocycles. The van der Waals surface area contributed by atoms with Crippen LogP contribution >= 0.6 is 11.6 Å². The van der Waals surface area contributed by atoms with Gasteiger partial charge in [-0.15, -0.1) is 0 Å². The first-order chi connectivity index (χ1) is 6.88. The highest BCUT2D eigenvalue weighted by Gasteiger charge is 2.35. The molecule has 2 N–H and O–H groups in total. The number of hydrogen-bond donors (Lipinski definition) is 2. The van der Waals surface area contributed by atoms with E-state index < -0.39 is 5.60 Å². The molecule has 4 heteroatoms. The van der Waals surface area contributed by atoms with Crippen LogP contribution in [0.4, 0.5) is 0 Å². The third-order valence-electron chi connectivity index (χ3n) is 2.59. The van der Waals surface area contributed by atoms with Crippen molar-refractivity contribution in [2.75, 3.05) is 0 Å². The van der Waals surface area contributed by atoms with E-state index in [4.69, 9.17) is 16.3 Å². The highest BCUT2D eigenvalue weighted by Crippen LogP contribution is 2.38. The van der Waals surface area contributed by atoms with Crippen molar-refractivity contribution in [1.29, 1.82) is 0 Å². The second-order valence-electron chi connectivity index (χ2n) is 4.38. The Morgan fingerprint density at radius 3 is 2.73 bits per heavy atom. The molecular weight excluding hydrogens is 216 g/mol. The average molecular weight is 229 g/mol. The number of aliphatic hydroxyl groups is 1. The van der Waals surface area contributed by atoms with E-state index in [2.05, 4.69) is 0 Å². The number of fused-ring (bicyclic) bond motifs is 1. The summed E-state index contributed by atoms with van der Waals surface area (Å²) in [5, 5.41) is 19.5. The lowest BCUT2D eigenvalue weighted by Crippen LogP contribution is -2.39. The van der Waals surface area contributed by atoms with Crippen LogP contribution in [0.25, 0.3) is 0 Å². The average Bonchev–Trinajstić information content (AvgIpc) is 2.47. The molecule has 1 aliphatic rings. The Bertz CT molecular complexity index is 365. The number of phenolic OH excluding ortho intramolecular Hbond substituents is 1. The molecule has 0 aromatic heterocycles. The summed E-state index contributed by atoms with van der Waals surface area (Å²) in [6.07, 6.45) is 0.300. The van der Waals surface area contributed by atoms with E-state index in [0.29, 0.717) is 12.2 Å². The summed E-state index contributed by atoms with van der Waals surface area (Å²) < 4.78 is 5.56. The van der Waals surface area contributed by atoms with Crippen LogP contribution in [0.2, 0.25) is 5.02 Å². The van der Waals surface area contributed by atoms with Crippen molar-refractivity contribution in [3.8, 4) is 11.5 Å². The topological polar surface area (TPSA) is 49.7 Å². The smallest absolute Gasteiger partial charge is 0.134 e. The molecule has 0 aliphatic carbocycles. The van der Waals surface area contributed by atoms with Gasteiger partial charge in [-0.05, 0) is 19.9 Å². The van der Waals surface area contributed by atoms with Crippen LogP contribution in [0, 0.1) is 0 Å². The molecule has 0 fully saturated rings. The van der Waals surface area contributed by atoms with Gasteiger partial charge < -0.3 is 14.9 Å². The zero-order valence-electron chi connectivity index (χ0n) is 8.62. The fourth-order valence-electron chi connectivity index (χ4n) is 1.64. The summed E-state index contributed by atoms with van der Waals surface area (Å²) in [7, 11) is 0. The molecule has 1 unspecified atom stereocenters. The highest BCUT2D eigenvalue weighted by molar-refractivity contribution is 6.32. The Labute approximate surface area is 93.3 Å². The maximum atomic E-state index is 9.81. The standard InChI is InChI=1S/C11H13ClO3/c1-11(2,14)10-4-6-3-8(13)7(12)5-9(6)15-10/h3,5,10,13-14H,4H2,1-2H3. The van der Waals surface area contributed by atoms with Gasteiger partial charge in [0, 0.05) is 18.1 Å². The van der Waals surface area contributed by atoms with Crippen LogP contribution in [-0.2, 0) is 6.42 Å². The summed E-state index contributed by atoms with van der Waals surface area (Å²) in [6, 6.07) is 3.17. The number of hydrogen-bond acceptors (Lipinski definition) is 3. The predicted octanol–water partition coefficient (Wildman–Crippen LogP) is 2.12. The molecule has 15 heavy (non-hydrogen) atoms. The van der Waals surface area contributed by atoms with Gasteiger partial charge in [-0.2, -0.15) is 0 Å². The minimum Gasteiger partial charge on any atom is -0.506 e. The third kappa shape index (κ3) is 1.90. The number of ether oxygens (including phenoxy) is 1. The zero-order valence-corrected chi connectivity index (χ0v) is 9.38. The molecule has 1 aromatic carbocycles. The summed E-state index contributed by atoms with van der Waals surface area (Å²) >= 11 is 5.76. The van der Waals surface area contributed by atoms with E-state index in [1.165, 1.54) is 0 Å². The van der Waals surface area contributed by atoms with E-state index in [-0.39, 0.29) is 16.9 Å². The molecule has 0 bridgehead atoms. The van der Waals surface area contributed by atoms with Gasteiger partial charge in [-0.25, -0.2) is 0 Å². The summed E-state index contributed by atoms with van der Waals surface area (Å²) in [5.41, 5.74) is -0.0229. The Kier molecular flexibility index (Phi) is 2.32. The summed E-state index contributed by atoms with van der Waals surface area (Å²) in [4.78, 5) is 0. The molecule has 0 amide bonds. The van der Waals surface area contributed by atoms with E-state index in [1.807, 2.05) is 0 Å². The van der Waals surface area contributed by atoms with Crippen LogP contribution in [0.3, 0.4) is 0 Å². The fourth-order valence-corrected chi connectivity index (χ4v) is 1.80. The van der Waals surface area contributed by atoms with E-state index >= 15 is 0 Å². The van der Waals surface area contributed by atoms with Crippen LogP contribution in [0.15, 0.2) is 12.1 Å². The first-order valence-electron chi connectivity index (χ1n) is 4.78. The Hall–Kier alpha value is -0.930. The molecule has 0 saturated heterocycles. The van der Waals surface area contributed by atoms with Gasteiger partial charge in [0.25, 0.3) is 0 Å². The van der Waals surface area contributed by atoms with Crippen LogP contribution < -0.4 is 4.74 Å². The van der Waals surface area contributed by atoms with Gasteiger partial charge in [0.05, 0.1) is 10.6 Å². The summed E-state index contributed by atoms with van der Waals surface area (Å²) in [5.74, 6) is 0.695. The van der Waals surface area contributed by atoms with E-state index in [1.54, 1.807) is 26.0 Å². The first-order valence-corrected chi connectivity index (χ1v) is 5.16. The maximum Gasteiger partial charge on any atom is 0.134 e. The number of benzene rings is 1. The number of phenols is 1. The zero-order chi connectivity index (χ0) is 11.2. The Morgan fingerprint density at radius 1 is 1.47 bits per heavy atom. The van der Waals surface area contributed by atoms with Gasteiger partial charge in [0.1, 0.15) is 17.6 Å². The number of rotatable bonds is 1. The van der Waals surface area contributed by atoms with Crippen molar-refractivity contribution in [3.05, 3.63) is 22.7 Å². The lowest BCUT2D eigenvalue weighted by atomic mass is 9.97. The second-order valence-corrected chi connectivity index (χ2v) is 4.78. The molecule has 2 rings (SSSR count). The fraction of sp³-hybridized carbons (Fsp3) is 0.455. The lowest BCUT2D eigenvalue weighted by Gasteiger charge is -2.24. The van der Waals surface area contributed by atoms with Crippen molar-refractivity contribution < 1.29 is 14.9 Å². The highest BCUT2D eigenvalue weighted by atomic mass is 35.5. The van der Waals surface area contributed by atoms with Crippen molar-refractivity contribution in [3.63, 3.8) is 0 Å². The van der Waals surface area contributed by atoms with Crippen molar-refractivity contribution >= 4 is 11.6 Å². The van der Waals surface area contributed by atoms with Crippen molar-refractivity contribution in [1.82, 2.24) is 0 Å². The molecule has 1 atom stereocenters. The van der Waals surface area contributed by atoms with E-state index in [9.17, 15) is 10.2 Å². The van der Waals surface area contributed by atoms with Crippen molar-refractivity contribution in [2.24, 2.45) is 0 Å². The minimum atomic E-state index is -0.902. The molecule has 0 saturated carbocycles. The molecule has 0 spiro atoms. The summed E-state index contributed by atoms with van der Waals surface area (Å²) in [6.45, 7) is 3.40. The molecular formula is C11H13ClO3. The number of halogens is 1. The molecule has 1 heterocycles. The Balaban J connectivity index is 2.32. The quantitative estimate of drug-likeness (QED) is 0.774. The van der Waals surface area contributed by atoms with Gasteiger partial charge in [0.15, 0.2) is 0 Å². The van der Waals surface area contributed by atoms with E-state index in [0.717, 1.165) is 5.56 Å². The largest absolute Gasteiger partial charge is 0.506 e. The van der Waals surface area contributed by atoms with Gasteiger partial charge in [-0.1, -0.05) is 11.6 Å². The minimum absolute atomic E-state index is 0.0513. The predicted molar refractivity (Wildman–Crippen MR) is 57.5 cm³/mol. The molecule has 1 aromatic rings. The maximum absolute atomic E-state index is 9.81. The second kappa shape index (κ2) is 3.29. The van der Waals surface area contributed by atoms with Crippen LogP contribution in [0.5, 0.6) is 11.5 Å². The molecule has 82 valence electrons. The first kappa shape index (κ1) is 10.6. The van der Waals surface area contributed by atoms with Gasteiger partial charge in [0.2, 0.25) is 0 Å². The van der Waals surface area contributed by atoms with Crippen LogP contribution in [0.1, 0.15) is 19.4 Å². The molecule has 0 radical (unpaired) electrons. The van der Waals surface area contributed by atoms with Gasteiger partial charge in [-0.3, -0.25) is 0 Å².